The van der Waals surface area contributed by atoms with Crippen molar-refractivity contribution in [3.63, 3.8) is 0 Å². The molecule has 1 aliphatic carbocycles. The van der Waals surface area contributed by atoms with Gasteiger partial charge in [0.15, 0.2) is 5.16 Å². The molecule has 0 bridgehead atoms. The van der Waals surface area contributed by atoms with Crippen LogP contribution in [0, 0.1) is 5.92 Å². The molecule has 1 atom stereocenters. The molecule has 1 aliphatic heterocycles. The lowest BCUT2D eigenvalue weighted by Crippen LogP contribution is -2.54. The van der Waals surface area contributed by atoms with Gasteiger partial charge in [-0.3, -0.25) is 9.59 Å². The third kappa shape index (κ3) is 7.58. The molecule has 9 heteroatoms. The molecule has 35 heavy (non-hydrogen) atoms. The van der Waals surface area contributed by atoms with Crippen LogP contribution in [0.5, 0.6) is 0 Å². The summed E-state index contributed by atoms with van der Waals surface area (Å²) in [6.07, 6.45) is 6.86. The second-order valence-corrected chi connectivity index (χ2v) is 10.8. The number of carbonyl (C=O) groups is 2. The van der Waals surface area contributed by atoms with Gasteiger partial charge in [-0.05, 0) is 24.8 Å². The molecule has 0 spiro atoms. The Labute approximate surface area is 217 Å². The summed E-state index contributed by atoms with van der Waals surface area (Å²) in [5.41, 5.74) is 1.05. The van der Waals surface area contributed by atoms with Crippen molar-refractivity contribution in [3.05, 3.63) is 47.1 Å². The Morgan fingerprint density at radius 2 is 1.91 bits per heavy atom. The molecular weight excluding hydrogens is 482 g/mol. The highest BCUT2D eigenvalue weighted by atomic mass is 35.5. The van der Waals surface area contributed by atoms with Gasteiger partial charge in [-0.1, -0.05) is 79.4 Å². The predicted molar refractivity (Wildman–Crippen MR) is 141 cm³/mol. The lowest BCUT2D eigenvalue weighted by molar-refractivity contribution is -0.134. The lowest BCUT2D eigenvalue weighted by Gasteiger charge is -2.40. The summed E-state index contributed by atoms with van der Waals surface area (Å²) >= 11 is 7.56. The average Bonchev–Trinajstić information content (AvgIpc) is 3.39. The zero-order valence-electron chi connectivity index (χ0n) is 20.3. The second-order valence-electron chi connectivity index (χ2n) is 9.45. The molecule has 1 unspecified atom stereocenters. The number of anilines is 1. The van der Waals surface area contributed by atoms with Gasteiger partial charge >= 0.3 is 0 Å². The maximum atomic E-state index is 12.8. The van der Waals surface area contributed by atoms with E-state index in [-0.39, 0.29) is 23.6 Å². The van der Waals surface area contributed by atoms with Gasteiger partial charge in [-0.2, -0.15) is 0 Å². The zero-order chi connectivity index (χ0) is 24.6. The Kier molecular flexibility index (Phi) is 9.26. The van der Waals surface area contributed by atoms with E-state index in [1.807, 2.05) is 35.2 Å². The van der Waals surface area contributed by atoms with E-state index in [4.69, 9.17) is 11.6 Å². The Hall–Kier alpha value is -2.32. The van der Waals surface area contributed by atoms with Crippen LogP contribution in [0.1, 0.15) is 51.0 Å². The van der Waals surface area contributed by atoms with Crippen LogP contribution >= 0.6 is 23.4 Å². The van der Waals surface area contributed by atoms with Gasteiger partial charge < -0.3 is 15.1 Å². The predicted octanol–water partition coefficient (Wildman–Crippen LogP) is 4.55. The van der Waals surface area contributed by atoms with E-state index in [0.717, 1.165) is 23.7 Å². The summed E-state index contributed by atoms with van der Waals surface area (Å²) in [6, 6.07) is 11.7. The van der Waals surface area contributed by atoms with E-state index in [1.165, 1.54) is 37.4 Å². The molecule has 188 valence electrons. The number of thioether (sulfide) groups is 1. The summed E-state index contributed by atoms with van der Waals surface area (Å²) in [5, 5.41) is 3.74. The van der Waals surface area contributed by atoms with Crippen LogP contribution < -0.4 is 10.2 Å². The quantitative estimate of drug-likeness (QED) is 0.300. The van der Waals surface area contributed by atoms with Crippen molar-refractivity contribution >= 4 is 41.0 Å². The smallest absolute Gasteiger partial charge is 0.230 e. The average molecular weight is 516 g/mol. The summed E-state index contributed by atoms with van der Waals surface area (Å²) < 4.78 is 0. The van der Waals surface area contributed by atoms with E-state index in [9.17, 15) is 9.59 Å². The number of amides is 2. The number of carbonyl (C=O) groups excluding carboxylic acids is 2. The number of piperazine rings is 1. The van der Waals surface area contributed by atoms with Crippen molar-refractivity contribution in [2.45, 2.75) is 63.2 Å². The fraction of sp³-hybridized carbons (Fsp3) is 0.538. The summed E-state index contributed by atoms with van der Waals surface area (Å²) in [7, 11) is 0. The summed E-state index contributed by atoms with van der Waals surface area (Å²) in [4.78, 5) is 38.2. The summed E-state index contributed by atoms with van der Waals surface area (Å²) in [5.74, 6) is 1.87. The first-order valence-electron chi connectivity index (χ1n) is 12.5. The molecule has 1 aromatic heterocycles. The highest BCUT2D eigenvalue weighted by Crippen LogP contribution is 2.29. The van der Waals surface area contributed by atoms with Crippen molar-refractivity contribution in [2.24, 2.45) is 5.92 Å². The molecule has 1 N–H and O–H groups in total. The fourth-order valence-corrected chi connectivity index (χ4v) is 5.81. The van der Waals surface area contributed by atoms with Gasteiger partial charge in [0, 0.05) is 44.7 Å². The standard InChI is InChI=1S/C26H34ClN5O2S/c1-19-17-31(13-14-32(19)25(34)12-11-20-7-5-6-8-20)23-15-22(27)29-26(30-23)35-18-24(33)28-16-21-9-3-2-4-10-21/h2-4,9-10,15,19-20H,5-8,11-14,16-18H2,1H3,(H,28,33). The van der Waals surface area contributed by atoms with Crippen LogP contribution in [0.3, 0.4) is 0 Å². The first-order chi connectivity index (χ1) is 17.0. The molecule has 7 nitrogen and oxygen atoms in total. The van der Waals surface area contributed by atoms with Gasteiger partial charge in [-0.15, -0.1) is 0 Å². The molecule has 2 aromatic rings. The minimum Gasteiger partial charge on any atom is -0.353 e. The topological polar surface area (TPSA) is 78.4 Å². The third-order valence-corrected chi connectivity index (χ3v) is 7.88. The van der Waals surface area contributed by atoms with Crippen LogP contribution in [-0.2, 0) is 16.1 Å². The maximum Gasteiger partial charge on any atom is 0.230 e. The van der Waals surface area contributed by atoms with E-state index in [1.54, 1.807) is 6.07 Å². The number of benzene rings is 1. The zero-order valence-corrected chi connectivity index (χ0v) is 21.9. The molecule has 0 radical (unpaired) electrons. The molecule has 1 saturated carbocycles. The van der Waals surface area contributed by atoms with Crippen molar-refractivity contribution in [3.8, 4) is 0 Å². The number of nitrogens with one attached hydrogen (secondary N) is 1. The minimum absolute atomic E-state index is 0.0812. The van der Waals surface area contributed by atoms with Gasteiger partial charge in [0.25, 0.3) is 0 Å². The molecule has 1 saturated heterocycles. The SMILES string of the molecule is CC1CN(c2cc(Cl)nc(SCC(=O)NCc3ccccc3)n2)CCN1C(=O)CCC1CCCC1. The Morgan fingerprint density at radius 1 is 1.14 bits per heavy atom. The largest absolute Gasteiger partial charge is 0.353 e. The Balaban J connectivity index is 1.27. The van der Waals surface area contributed by atoms with Crippen LogP contribution in [0.15, 0.2) is 41.6 Å². The number of nitrogens with zero attached hydrogens (tertiary/aromatic N) is 4. The molecule has 2 heterocycles. The summed E-state index contributed by atoms with van der Waals surface area (Å²) in [6.45, 7) is 4.66. The molecule has 2 fully saturated rings. The van der Waals surface area contributed by atoms with Crippen LogP contribution in [-0.4, -0.2) is 58.1 Å². The first-order valence-corrected chi connectivity index (χ1v) is 13.9. The highest BCUT2D eigenvalue weighted by Gasteiger charge is 2.29. The molecular formula is C26H34ClN5O2S. The van der Waals surface area contributed by atoms with Gasteiger partial charge in [0.05, 0.1) is 5.75 Å². The van der Waals surface area contributed by atoms with Gasteiger partial charge in [0.1, 0.15) is 11.0 Å². The second kappa shape index (κ2) is 12.6. The molecule has 1 aromatic carbocycles. The van der Waals surface area contributed by atoms with Crippen LogP contribution in [0.2, 0.25) is 5.15 Å². The number of rotatable bonds is 9. The molecule has 2 aliphatic rings. The van der Waals surface area contributed by atoms with E-state index < -0.39 is 0 Å². The number of aromatic nitrogens is 2. The van der Waals surface area contributed by atoms with Crippen molar-refractivity contribution in [1.29, 1.82) is 0 Å². The van der Waals surface area contributed by atoms with Gasteiger partial charge in [0.2, 0.25) is 11.8 Å². The monoisotopic (exact) mass is 515 g/mol. The highest BCUT2D eigenvalue weighted by molar-refractivity contribution is 7.99. The normalized spacial score (nSPS) is 18.6. The maximum absolute atomic E-state index is 12.8. The third-order valence-electron chi connectivity index (χ3n) is 6.84. The number of hydrogen-bond donors (Lipinski definition) is 1. The molecule has 4 rings (SSSR count). The minimum atomic E-state index is -0.0812. The molecule has 2 amide bonds. The van der Waals surface area contributed by atoms with Crippen LogP contribution in [0.25, 0.3) is 0 Å². The van der Waals surface area contributed by atoms with E-state index in [0.29, 0.717) is 42.9 Å². The fourth-order valence-electron chi connectivity index (χ4n) is 4.90. The number of hydrogen-bond acceptors (Lipinski definition) is 6. The van der Waals surface area contributed by atoms with Crippen molar-refractivity contribution in [1.82, 2.24) is 20.2 Å². The van der Waals surface area contributed by atoms with Gasteiger partial charge in [-0.25, -0.2) is 9.97 Å². The first kappa shape index (κ1) is 25.8. The van der Waals surface area contributed by atoms with Crippen molar-refractivity contribution < 1.29 is 9.59 Å². The lowest BCUT2D eigenvalue weighted by atomic mass is 10.0. The van der Waals surface area contributed by atoms with Crippen LogP contribution in [0.4, 0.5) is 5.82 Å². The van der Waals surface area contributed by atoms with Crippen molar-refractivity contribution in [2.75, 3.05) is 30.3 Å². The number of halogens is 1. The van der Waals surface area contributed by atoms with E-state index in [2.05, 4.69) is 27.1 Å². The van der Waals surface area contributed by atoms with E-state index >= 15 is 0 Å². The Bertz CT molecular complexity index is 1000. The Morgan fingerprint density at radius 3 is 2.66 bits per heavy atom.